The van der Waals surface area contributed by atoms with Gasteiger partial charge in [0.25, 0.3) is 0 Å². The first-order valence-corrected chi connectivity index (χ1v) is 6.45. The summed E-state index contributed by atoms with van der Waals surface area (Å²) in [6.07, 6.45) is 0. The smallest absolute Gasteiger partial charge is 0.325 e. The van der Waals surface area contributed by atoms with E-state index in [-0.39, 0.29) is 0 Å². The largest absolute Gasteiger partial charge is 0.480 e. The first kappa shape index (κ1) is 18.8. The Morgan fingerprint density at radius 1 is 0.762 bits per heavy atom. The molecule has 0 aromatic carbocycles. The molecule has 0 aliphatic rings. The van der Waals surface area contributed by atoms with Crippen molar-refractivity contribution in [2.75, 3.05) is 0 Å². The summed E-state index contributed by atoms with van der Waals surface area (Å²) in [5.41, 5.74) is 5.35. The monoisotopic (exact) mass is 302 g/mol. The van der Waals surface area contributed by atoms with Crippen LogP contribution in [-0.2, 0) is 19.2 Å². The van der Waals surface area contributed by atoms with Crippen LogP contribution in [0.1, 0.15) is 27.7 Å². The molecule has 0 heterocycles. The number of carbonyl (C=O) groups is 4. The topological polar surface area (TPSA) is 151 Å². The first-order chi connectivity index (χ1) is 9.56. The highest BCUT2D eigenvalue weighted by atomic mass is 16.4. The number of hydrogen-bond donors (Lipinski definition) is 5. The van der Waals surface area contributed by atoms with Crippen LogP contribution in [0, 0.1) is 0 Å². The number of nitrogens with two attached hydrogens (primary N) is 1. The van der Waals surface area contributed by atoms with Crippen LogP contribution in [0.3, 0.4) is 0 Å². The van der Waals surface area contributed by atoms with Crippen molar-refractivity contribution >= 4 is 23.7 Å². The Kier molecular flexibility index (Phi) is 7.36. The lowest BCUT2D eigenvalue weighted by Gasteiger charge is -2.19. The van der Waals surface area contributed by atoms with Crippen LogP contribution in [0.4, 0.5) is 0 Å². The SMILES string of the molecule is C[C@H](N)C(=O)N[C@H](C)C(=O)N[C@@H](C)C(=O)N[C@@H](C)C(=O)O. The predicted molar refractivity (Wildman–Crippen MR) is 74.1 cm³/mol. The number of carbonyl (C=O) groups excluding carboxylic acids is 3. The molecule has 0 aliphatic carbocycles. The highest BCUT2D eigenvalue weighted by Gasteiger charge is 2.23. The van der Waals surface area contributed by atoms with Crippen molar-refractivity contribution in [2.24, 2.45) is 5.73 Å². The van der Waals surface area contributed by atoms with E-state index >= 15 is 0 Å². The average Bonchev–Trinajstić information content (AvgIpc) is 2.37. The lowest BCUT2D eigenvalue weighted by atomic mass is 10.2. The maximum atomic E-state index is 11.8. The minimum absolute atomic E-state index is 0.491. The van der Waals surface area contributed by atoms with E-state index in [1.165, 1.54) is 27.7 Å². The molecule has 9 heteroatoms. The Labute approximate surface area is 122 Å². The zero-order chi connectivity index (χ0) is 16.7. The van der Waals surface area contributed by atoms with Crippen molar-refractivity contribution < 1.29 is 24.3 Å². The molecule has 9 nitrogen and oxygen atoms in total. The molecule has 0 saturated carbocycles. The number of carboxylic acid groups (broad SMARTS) is 1. The molecular formula is C12H22N4O5. The van der Waals surface area contributed by atoms with Gasteiger partial charge in [0.15, 0.2) is 0 Å². The highest BCUT2D eigenvalue weighted by molar-refractivity contribution is 5.93. The number of hydrogen-bond acceptors (Lipinski definition) is 5. The van der Waals surface area contributed by atoms with Crippen LogP contribution >= 0.6 is 0 Å². The van der Waals surface area contributed by atoms with E-state index in [9.17, 15) is 19.2 Å². The number of amides is 3. The van der Waals surface area contributed by atoms with Crippen LogP contribution in [0.25, 0.3) is 0 Å². The van der Waals surface area contributed by atoms with E-state index in [2.05, 4.69) is 16.0 Å². The summed E-state index contributed by atoms with van der Waals surface area (Å²) in [4.78, 5) is 45.4. The zero-order valence-corrected chi connectivity index (χ0v) is 12.5. The van der Waals surface area contributed by atoms with Crippen molar-refractivity contribution in [3.05, 3.63) is 0 Å². The summed E-state index contributed by atoms with van der Waals surface area (Å²) in [7, 11) is 0. The molecule has 0 aliphatic heterocycles. The molecule has 0 fully saturated rings. The maximum Gasteiger partial charge on any atom is 0.325 e. The molecule has 3 amide bonds. The normalized spacial score (nSPS) is 16.0. The van der Waals surface area contributed by atoms with E-state index in [0.717, 1.165) is 0 Å². The van der Waals surface area contributed by atoms with Crippen molar-refractivity contribution in [1.82, 2.24) is 16.0 Å². The minimum atomic E-state index is -1.18. The molecule has 6 N–H and O–H groups in total. The lowest BCUT2D eigenvalue weighted by Crippen LogP contribution is -2.54. The highest BCUT2D eigenvalue weighted by Crippen LogP contribution is 1.91. The molecule has 0 radical (unpaired) electrons. The van der Waals surface area contributed by atoms with Gasteiger partial charge in [0.2, 0.25) is 17.7 Å². The third-order valence-corrected chi connectivity index (χ3v) is 2.65. The van der Waals surface area contributed by atoms with Gasteiger partial charge in [-0.1, -0.05) is 0 Å². The number of nitrogens with one attached hydrogen (secondary N) is 3. The van der Waals surface area contributed by atoms with E-state index in [0.29, 0.717) is 0 Å². The van der Waals surface area contributed by atoms with Gasteiger partial charge in [-0.25, -0.2) is 0 Å². The fraction of sp³-hybridized carbons (Fsp3) is 0.667. The molecule has 0 saturated heterocycles. The van der Waals surface area contributed by atoms with Crippen LogP contribution in [0.5, 0.6) is 0 Å². The average molecular weight is 302 g/mol. The van der Waals surface area contributed by atoms with Crippen LogP contribution in [-0.4, -0.2) is 53.0 Å². The summed E-state index contributed by atoms with van der Waals surface area (Å²) < 4.78 is 0. The van der Waals surface area contributed by atoms with Gasteiger partial charge in [-0.15, -0.1) is 0 Å². The Bertz CT molecular complexity index is 424. The van der Waals surface area contributed by atoms with Crippen LogP contribution in [0.2, 0.25) is 0 Å². The van der Waals surface area contributed by atoms with Gasteiger partial charge in [-0.05, 0) is 27.7 Å². The van der Waals surface area contributed by atoms with E-state index < -0.39 is 47.9 Å². The fourth-order valence-corrected chi connectivity index (χ4v) is 1.21. The second kappa shape index (κ2) is 8.20. The minimum Gasteiger partial charge on any atom is -0.480 e. The molecule has 120 valence electrons. The predicted octanol–water partition coefficient (Wildman–Crippen LogP) is -2.07. The summed E-state index contributed by atoms with van der Waals surface area (Å²) in [5, 5.41) is 15.6. The Morgan fingerprint density at radius 2 is 1.10 bits per heavy atom. The van der Waals surface area contributed by atoms with Gasteiger partial charge in [0, 0.05) is 0 Å². The maximum absolute atomic E-state index is 11.8. The van der Waals surface area contributed by atoms with Gasteiger partial charge in [-0.2, -0.15) is 0 Å². The van der Waals surface area contributed by atoms with Crippen molar-refractivity contribution in [2.45, 2.75) is 51.9 Å². The number of carboxylic acids is 1. The second-order valence-electron chi connectivity index (χ2n) is 4.82. The third kappa shape index (κ3) is 6.70. The summed E-state index contributed by atoms with van der Waals surface area (Å²) in [6.45, 7) is 5.63. The van der Waals surface area contributed by atoms with Gasteiger partial charge in [0.1, 0.15) is 18.1 Å². The standard InChI is InChI=1S/C12H22N4O5/c1-5(13)9(17)14-6(2)10(18)15-7(3)11(19)16-8(4)12(20)21/h5-8H,13H2,1-4H3,(H,14,17)(H,15,18)(H,16,19)(H,20,21)/t5-,6+,7-,8-/m0/s1. The van der Waals surface area contributed by atoms with E-state index in [1.807, 2.05) is 0 Å². The summed E-state index contributed by atoms with van der Waals surface area (Å²) in [6, 6.07) is -3.62. The quantitative estimate of drug-likeness (QED) is 0.364. The van der Waals surface area contributed by atoms with Crippen molar-refractivity contribution in [1.29, 1.82) is 0 Å². The fourth-order valence-electron chi connectivity index (χ4n) is 1.21. The second-order valence-corrected chi connectivity index (χ2v) is 4.82. The lowest BCUT2D eigenvalue weighted by molar-refractivity contribution is -0.141. The van der Waals surface area contributed by atoms with Crippen LogP contribution in [0.15, 0.2) is 0 Å². The summed E-state index contributed by atoms with van der Waals surface area (Å²) in [5.74, 6) is -2.88. The molecule has 0 aromatic heterocycles. The first-order valence-electron chi connectivity index (χ1n) is 6.45. The number of rotatable bonds is 7. The van der Waals surface area contributed by atoms with Gasteiger partial charge < -0.3 is 26.8 Å². The van der Waals surface area contributed by atoms with Gasteiger partial charge >= 0.3 is 5.97 Å². The Morgan fingerprint density at radius 3 is 1.43 bits per heavy atom. The Hall–Kier alpha value is -2.16. The molecule has 0 spiro atoms. The van der Waals surface area contributed by atoms with Gasteiger partial charge in [-0.3, -0.25) is 19.2 Å². The van der Waals surface area contributed by atoms with Gasteiger partial charge in [0.05, 0.1) is 6.04 Å². The molecule has 0 rings (SSSR count). The molecule has 0 aromatic rings. The summed E-state index contributed by atoms with van der Waals surface area (Å²) >= 11 is 0. The molecular weight excluding hydrogens is 280 g/mol. The molecule has 0 unspecified atom stereocenters. The Balaban J connectivity index is 4.40. The van der Waals surface area contributed by atoms with Crippen LogP contribution < -0.4 is 21.7 Å². The molecule has 0 bridgehead atoms. The van der Waals surface area contributed by atoms with Crippen molar-refractivity contribution in [3.8, 4) is 0 Å². The molecule has 21 heavy (non-hydrogen) atoms. The van der Waals surface area contributed by atoms with E-state index in [4.69, 9.17) is 10.8 Å². The molecule has 4 atom stereocenters. The number of aliphatic carboxylic acids is 1. The van der Waals surface area contributed by atoms with E-state index in [1.54, 1.807) is 0 Å². The van der Waals surface area contributed by atoms with Crippen molar-refractivity contribution in [3.63, 3.8) is 0 Å². The third-order valence-electron chi connectivity index (χ3n) is 2.65. The zero-order valence-electron chi connectivity index (χ0n) is 12.5.